The van der Waals surface area contributed by atoms with Crippen molar-refractivity contribution in [2.45, 2.75) is 19.3 Å². The lowest BCUT2D eigenvalue weighted by Crippen LogP contribution is -2.38. The van der Waals surface area contributed by atoms with E-state index in [1.54, 1.807) is 0 Å². The van der Waals surface area contributed by atoms with Gasteiger partial charge in [-0.05, 0) is 23.8 Å². The number of anilines is 2. The van der Waals surface area contributed by atoms with Gasteiger partial charge in [0, 0.05) is 36.9 Å². The molecule has 7 heteroatoms. The summed E-state index contributed by atoms with van der Waals surface area (Å²) < 4.78 is 10.2. The van der Waals surface area contributed by atoms with E-state index in [1.165, 1.54) is 22.3 Å². The third-order valence-electron chi connectivity index (χ3n) is 6.33. The topological polar surface area (TPSA) is 31.3 Å². The molecule has 0 N–H and O–H groups in total. The molecule has 1 saturated heterocycles. The van der Waals surface area contributed by atoms with Crippen molar-refractivity contribution in [2.75, 3.05) is 43.0 Å². The number of nitrogens with zero attached hydrogens (tertiary/aromatic N) is 4. The Balaban J connectivity index is 1.72. The van der Waals surface area contributed by atoms with Crippen molar-refractivity contribution in [1.82, 2.24) is 4.67 Å². The third-order valence-corrected chi connectivity index (χ3v) is 11.0. The molecule has 2 aromatic rings. The molecule has 2 aromatic carbocycles. The Kier molecular flexibility index (Phi) is 4.86. The van der Waals surface area contributed by atoms with Gasteiger partial charge in [-0.25, -0.2) is 9.45 Å². The zero-order valence-electron chi connectivity index (χ0n) is 17.7. The predicted octanol–water partition coefficient (Wildman–Crippen LogP) is 4.77. The van der Waals surface area contributed by atoms with Crippen molar-refractivity contribution in [1.29, 1.82) is 0 Å². The summed E-state index contributed by atoms with van der Waals surface area (Å²) in [6.45, 7) is 7.69. The Morgan fingerprint density at radius 2 is 1.67 bits per heavy atom. The first kappa shape index (κ1) is 20.0. The Hall–Kier alpha value is -1.98. The number of fused-ring (bicyclic) bond motifs is 1. The van der Waals surface area contributed by atoms with Crippen LogP contribution in [0.25, 0.3) is 0 Å². The first-order valence-corrected chi connectivity index (χ1v) is 13.1. The summed E-state index contributed by atoms with van der Waals surface area (Å²) >= 11 is 6.61. The van der Waals surface area contributed by atoms with Crippen LogP contribution in [-0.2, 0) is 22.0 Å². The van der Waals surface area contributed by atoms with Gasteiger partial charge in [0.2, 0.25) is 0 Å². The highest BCUT2D eigenvalue weighted by atomic mass is 32.4. The van der Waals surface area contributed by atoms with E-state index in [9.17, 15) is 0 Å². The van der Waals surface area contributed by atoms with Gasteiger partial charge in [-0.15, -0.1) is 0 Å². The molecule has 0 unspecified atom stereocenters. The summed E-state index contributed by atoms with van der Waals surface area (Å²) in [6, 6.07) is 19.0. The van der Waals surface area contributed by atoms with Crippen molar-refractivity contribution in [3.8, 4) is 0 Å². The van der Waals surface area contributed by atoms with Crippen LogP contribution in [0.4, 0.5) is 11.4 Å². The van der Waals surface area contributed by atoms with Crippen LogP contribution in [0.5, 0.6) is 0 Å². The molecule has 0 saturated carbocycles. The Labute approximate surface area is 183 Å². The van der Waals surface area contributed by atoms with Gasteiger partial charge >= 0.3 is 0 Å². The zero-order chi connectivity index (χ0) is 20.9. The molecular weight excluding hydrogens is 411 g/mol. The number of hydrazone groups is 1. The number of likely N-dealkylation sites (N-methyl/N-ethyl adjacent to an activating group) is 1. The van der Waals surface area contributed by atoms with E-state index in [0.717, 1.165) is 18.8 Å². The van der Waals surface area contributed by atoms with Crippen molar-refractivity contribution in [2.24, 2.45) is 5.10 Å². The number of hydrogen-bond acceptors (Lipinski definition) is 4. The molecular formula is C23H27N4OPS. The smallest absolute Gasteiger partial charge is 0.154 e. The summed E-state index contributed by atoms with van der Waals surface area (Å²) in [6.07, 6.45) is -0.316. The van der Waals surface area contributed by atoms with Crippen molar-refractivity contribution in [3.05, 3.63) is 71.2 Å². The van der Waals surface area contributed by atoms with Crippen molar-refractivity contribution >= 4 is 35.7 Å². The van der Waals surface area contributed by atoms with E-state index in [1.807, 2.05) is 12.3 Å². The van der Waals surface area contributed by atoms with Gasteiger partial charge in [0.05, 0.1) is 30.4 Å². The van der Waals surface area contributed by atoms with Crippen molar-refractivity contribution in [3.63, 3.8) is 0 Å². The number of morpholine rings is 1. The quantitative estimate of drug-likeness (QED) is 0.631. The van der Waals surface area contributed by atoms with Gasteiger partial charge in [0.1, 0.15) is 0 Å². The summed E-state index contributed by atoms with van der Waals surface area (Å²) in [5.74, 6) is 0. The standard InChI is InChI=1S/C23H27N4OPS/c1-23(2)19-11-7-8-12-20(19)25(3)22(23)21-17-24-27(18-9-5-4-6-10-18)29(21,30)26-13-15-28-16-14-26/h4-12,17H,13-16H2,1-3H3/b22-21-/t29-/m0/s1. The van der Waals surface area contributed by atoms with Crippen LogP contribution in [0.1, 0.15) is 19.4 Å². The van der Waals surface area contributed by atoms with Gasteiger partial charge in [-0.3, -0.25) is 0 Å². The number of hydrogen-bond donors (Lipinski definition) is 0. The number of benzene rings is 2. The van der Waals surface area contributed by atoms with Crippen molar-refractivity contribution < 1.29 is 4.74 Å². The van der Waals surface area contributed by atoms with Crippen LogP contribution in [0.15, 0.2) is 70.7 Å². The van der Waals surface area contributed by atoms with E-state index in [0.29, 0.717) is 13.2 Å². The van der Waals surface area contributed by atoms with Gasteiger partial charge in [0.25, 0.3) is 0 Å². The van der Waals surface area contributed by atoms with E-state index in [2.05, 4.69) is 83.8 Å². The summed E-state index contributed by atoms with van der Waals surface area (Å²) in [5, 5.41) is 6.10. The van der Waals surface area contributed by atoms with Gasteiger partial charge in [-0.2, -0.15) is 5.10 Å². The lowest BCUT2D eigenvalue weighted by molar-refractivity contribution is 0.0748. The first-order chi connectivity index (χ1) is 14.5. The van der Waals surface area contributed by atoms with Crippen LogP contribution in [0.2, 0.25) is 0 Å². The maximum Gasteiger partial charge on any atom is 0.154 e. The normalized spacial score (nSPS) is 28.2. The van der Waals surface area contributed by atoms with E-state index in [-0.39, 0.29) is 5.41 Å². The molecule has 0 amide bonds. The number of ether oxygens (including phenoxy) is 1. The fourth-order valence-corrected chi connectivity index (χ4v) is 9.19. The number of allylic oxidation sites excluding steroid dienone is 2. The molecule has 0 aliphatic carbocycles. The molecule has 0 radical (unpaired) electrons. The van der Waals surface area contributed by atoms with Crippen LogP contribution in [0.3, 0.4) is 0 Å². The highest BCUT2D eigenvalue weighted by Crippen LogP contribution is 2.67. The molecule has 3 aliphatic heterocycles. The summed E-state index contributed by atoms with van der Waals surface area (Å²) in [7, 11) is 2.16. The molecule has 5 rings (SSSR count). The zero-order valence-corrected chi connectivity index (χ0v) is 19.4. The molecule has 0 aromatic heterocycles. The first-order valence-electron chi connectivity index (χ1n) is 10.4. The molecule has 5 nitrogen and oxygen atoms in total. The molecule has 0 spiro atoms. The maximum atomic E-state index is 6.61. The Morgan fingerprint density at radius 3 is 2.37 bits per heavy atom. The SMILES string of the molecule is CN1/C(=C2/C=NN(c3ccccc3)[P@@]2(=S)N2CCOCC2)C(C)(C)c2ccccc21. The number of rotatable bonds is 2. The fraction of sp³-hybridized carbons (Fsp3) is 0.348. The van der Waals surface area contributed by atoms with Crippen LogP contribution in [-0.4, -0.2) is 44.2 Å². The molecule has 0 bridgehead atoms. The van der Waals surface area contributed by atoms with E-state index in [4.69, 9.17) is 21.6 Å². The van der Waals surface area contributed by atoms with Crippen LogP contribution >= 0.6 is 6.34 Å². The monoisotopic (exact) mass is 438 g/mol. The second-order valence-corrected chi connectivity index (χ2v) is 12.5. The predicted molar refractivity (Wildman–Crippen MR) is 129 cm³/mol. The van der Waals surface area contributed by atoms with Crippen LogP contribution < -0.4 is 9.68 Å². The largest absolute Gasteiger partial charge is 0.379 e. The molecule has 1 fully saturated rings. The minimum absolute atomic E-state index is 0.143. The second-order valence-electron chi connectivity index (χ2n) is 8.41. The highest BCUT2D eigenvalue weighted by molar-refractivity contribution is 8.16. The second kappa shape index (κ2) is 7.31. The molecule has 3 heterocycles. The molecule has 156 valence electrons. The lowest BCUT2D eigenvalue weighted by Gasteiger charge is -2.41. The average Bonchev–Trinajstić information content (AvgIpc) is 3.21. The number of para-hydroxylation sites is 2. The third kappa shape index (κ3) is 2.82. The minimum Gasteiger partial charge on any atom is -0.379 e. The molecule has 1 atom stereocenters. The summed E-state index contributed by atoms with van der Waals surface area (Å²) in [4.78, 5) is 2.33. The fourth-order valence-electron chi connectivity index (χ4n) is 4.89. The highest BCUT2D eigenvalue weighted by Gasteiger charge is 2.48. The summed E-state index contributed by atoms with van der Waals surface area (Å²) in [5.41, 5.74) is 4.76. The molecule has 30 heavy (non-hydrogen) atoms. The van der Waals surface area contributed by atoms with Gasteiger partial charge in [-0.1, -0.05) is 62.1 Å². The van der Waals surface area contributed by atoms with Crippen LogP contribution in [0, 0.1) is 0 Å². The Bertz CT molecular complexity index is 1080. The minimum atomic E-state index is -2.35. The van der Waals surface area contributed by atoms with E-state index >= 15 is 0 Å². The van der Waals surface area contributed by atoms with E-state index < -0.39 is 6.34 Å². The maximum absolute atomic E-state index is 6.61. The Morgan fingerprint density at radius 1 is 1.00 bits per heavy atom. The lowest BCUT2D eigenvalue weighted by atomic mass is 9.84. The van der Waals surface area contributed by atoms with Gasteiger partial charge < -0.3 is 9.64 Å². The van der Waals surface area contributed by atoms with Gasteiger partial charge in [0.15, 0.2) is 6.34 Å². The molecule has 3 aliphatic rings. The average molecular weight is 439 g/mol.